The Balaban J connectivity index is 0.000000360. The molecule has 0 saturated heterocycles. The molecule has 0 radical (unpaired) electrons. The van der Waals surface area contributed by atoms with Crippen molar-refractivity contribution in [2.75, 3.05) is 0 Å². The minimum atomic E-state index is 0. The van der Waals surface area contributed by atoms with E-state index in [2.05, 4.69) is 12.3 Å². The van der Waals surface area contributed by atoms with Gasteiger partial charge in [0.15, 0.2) is 0 Å². The molecule has 0 aliphatic rings. The third kappa shape index (κ3) is 2.25. The molecule has 2 heteroatoms. The van der Waals surface area contributed by atoms with Crippen molar-refractivity contribution in [2.24, 2.45) is 0 Å². The van der Waals surface area contributed by atoms with Crippen molar-refractivity contribution in [1.82, 2.24) is 0 Å². The predicted molar refractivity (Wildman–Crippen MR) is 27.9 cm³/mol. The van der Waals surface area contributed by atoms with E-state index >= 15 is 0 Å². The molecule has 0 saturated carbocycles. The second kappa shape index (κ2) is 3.40. The Morgan fingerprint density at radius 1 is 1.71 bits per heavy atom. The predicted octanol–water partition coefficient (Wildman–Crippen LogP) is 1.85. The average molecular weight is 281 g/mol. The Labute approximate surface area is 61.8 Å². The summed E-state index contributed by atoms with van der Waals surface area (Å²) in [4.78, 5) is 1.33. The fraction of sp³-hybridized carbons (Fsp3) is 0.200. The van der Waals surface area contributed by atoms with Crippen LogP contribution in [0.25, 0.3) is 0 Å². The van der Waals surface area contributed by atoms with Crippen molar-refractivity contribution in [3.05, 3.63) is 22.4 Å². The van der Waals surface area contributed by atoms with Crippen molar-refractivity contribution in [3.63, 3.8) is 0 Å². The average Bonchev–Trinajstić information content (AvgIpc) is 1.86. The van der Waals surface area contributed by atoms with Gasteiger partial charge >= 0.3 is 21.1 Å². The molecule has 0 aromatic carbocycles. The molecule has 1 aromatic heterocycles. The molecule has 0 atom stereocenters. The van der Waals surface area contributed by atoms with E-state index in [-0.39, 0.29) is 21.1 Å². The van der Waals surface area contributed by atoms with Crippen LogP contribution in [0.4, 0.5) is 0 Å². The van der Waals surface area contributed by atoms with E-state index in [4.69, 9.17) is 0 Å². The molecule has 1 heterocycles. The molecule has 0 unspecified atom stereocenters. The fourth-order valence-electron chi connectivity index (χ4n) is 0.312. The minimum absolute atomic E-state index is 0. The van der Waals surface area contributed by atoms with E-state index in [1.165, 1.54) is 4.88 Å². The topological polar surface area (TPSA) is 0 Å². The van der Waals surface area contributed by atoms with Gasteiger partial charge in [-0.15, -0.1) is 5.38 Å². The number of hydrogen-bond donors (Lipinski definition) is 0. The van der Waals surface area contributed by atoms with Gasteiger partial charge in [0.1, 0.15) is 0 Å². The summed E-state index contributed by atoms with van der Waals surface area (Å²) in [6.45, 7) is 2.07. The van der Waals surface area contributed by atoms with Gasteiger partial charge in [0.05, 0.1) is 0 Å². The van der Waals surface area contributed by atoms with Crippen molar-refractivity contribution < 1.29 is 21.1 Å². The fourth-order valence-corrected chi connectivity index (χ4v) is 0.770. The third-order valence-corrected chi connectivity index (χ3v) is 1.32. The first kappa shape index (κ1) is 7.39. The molecule has 0 spiro atoms. The first-order valence-electron chi connectivity index (χ1n) is 1.82. The van der Waals surface area contributed by atoms with Gasteiger partial charge in [-0.05, 0) is 0 Å². The molecule has 36 valence electrons. The normalized spacial score (nSPS) is 7.57. The molecule has 1 aromatic rings. The molecule has 7 heavy (non-hydrogen) atoms. The summed E-state index contributed by atoms with van der Waals surface area (Å²) < 4.78 is 0. The SMILES string of the molecule is Cc1cc[c-]s1.[W+2]. The summed E-state index contributed by atoms with van der Waals surface area (Å²) in [6, 6.07) is 3.98. The van der Waals surface area contributed by atoms with Gasteiger partial charge in [-0.1, -0.05) is 6.92 Å². The third-order valence-electron chi connectivity index (χ3n) is 0.606. The van der Waals surface area contributed by atoms with E-state index in [0.717, 1.165) is 0 Å². The maximum atomic E-state index is 2.97. The van der Waals surface area contributed by atoms with Crippen LogP contribution in [0.2, 0.25) is 0 Å². The van der Waals surface area contributed by atoms with Crippen LogP contribution in [0.5, 0.6) is 0 Å². The molecule has 0 aliphatic carbocycles. The summed E-state index contributed by atoms with van der Waals surface area (Å²) in [6.07, 6.45) is 0. The second-order valence-electron chi connectivity index (χ2n) is 1.16. The number of rotatable bonds is 0. The Morgan fingerprint density at radius 2 is 2.43 bits per heavy atom. The molecule has 0 nitrogen and oxygen atoms in total. The molecule has 0 N–H and O–H groups in total. The zero-order chi connectivity index (χ0) is 4.41. The standard InChI is InChI=1S/C5H5S.W/c1-5-3-2-4-6-5;/h2-3H,1H3;/q-1;+2. The summed E-state index contributed by atoms with van der Waals surface area (Å²) in [5.41, 5.74) is 0. The number of aryl methyl sites for hydroxylation is 1. The molecule has 0 aliphatic heterocycles. The minimum Gasteiger partial charge on any atom is -0.301 e. The Bertz CT molecular complexity index is 112. The van der Waals surface area contributed by atoms with E-state index in [0.29, 0.717) is 0 Å². The molecule has 1 rings (SSSR count). The summed E-state index contributed by atoms with van der Waals surface area (Å²) >= 11 is 1.65. The molecular weight excluding hydrogens is 276 g/mol. The van der Waals surface area contributed by atoms with Gasteiger partial charge in [-0.3, -0.25) is 0 Å². The zero-order valence-electron chi connectivity index (χ0n) is 3.97. The number of hydrogen-bond acceptors (Lipinski definition) is 1. The molecule has 0 bridgehead atoms. The van der Waals surface area contributed by atoms with E-state index in [1.807, 2.05) is 12.1 Å². The van der Waals surface area contributed by atoms with Crippen LogP contribution in [0.15, 0.2) is 12.1 Å². The Hall–Kier alpha value is 0.388. The quantitative estimate of drug-likeness (QED) is 0.637. The zero-order valence-corrected chi connectivity index (χ0v) is 7.72. The van der Waals surface area contributed by atoms with E-state index in [1.54, 1.807) is 11.3 Å². The van der Waals surface area contributed by atoms with Crippen LogP contribution in [0, 0.1) is 12.3 Å². The largest absolute Gasteiger partial charge is 2.00 e. The van der Waals surface area contributed by atoms with Crippen LogP contribution in [0.3, 0.4) is 0 Å². The van der Waals surface area contributed by atoms with Crippen LogP contribution < -0.4 is 0 Å². The van der Waals surface area contributed by atoms with Crippen molar-refractivity contribution >= 4 is 11.3 Å². The van der Waals surface area contributed by atoms with Crippen LogP contribution in [-0.4, -0.2) is 0 Å². The summed E-state index contributed by atoms with van der Waals surface area (Å²) in [5.74, 6) is 0. The maximum Gasteiger partial charge on any atom is 2.00 e. The van der Waals surface area contributed by atoms with Gasteiger partial charge < -0.3 is 11.3 Å². The smallest absolute Gasteiger partial charge is 0.301 e. The Kier molecular flexibility index (Phi) is 3.59. The van der Waals surface area contributed by atoms with Crippen LogP contribution in [0.1, 0.15) is 4.88 Å². The van der Waals surface area contributed by atoms with Gasteiger partial charge in [0, 0.05) is 0 Å². The van der Waals surface area contributed by atoms with E-state index in [9.17, 15) is 0 Å². The van der Waals surface area contributed by atoms with Gasteiger partial charge in [-0.25, -0.2) is 6.07 Å². The van der Waals surface area contributed by atoms with Crippen molar-refractivity contribution in [3.8, 4) is 0 Å². The summed E-state index contributed by atoms with van der Waals surface area (Å²) in [5, 5.41) is 2.97. The first-order valence-corrected chi connectivity index (χ1v) is 2.64. The first-order chi connectivity index (χ1) is 2.89. The van der Waals surface area contributed by atoms with Crippen LogP contribution >= 0.6 is 11.3 Å². The van der Waals surface area contributed by atoms with E-state index < -0.39 is 0 Å². The van der Waals surface area contributed by atoms with Crippen molar-refractivity contribution in [2.45, 2.75) is 6.92 Å². The number of thiophene rings is 1. The second-order valence-corrected chi connectivity index (χ2v) is 2.25. The van der Waals surface area contributed by atoms with Crippen LogP contribution in [-0.2, 0) is 21.1 Å². The van der Waals surface area contributed by atoms with Crippen molar-refractivity contribution in [1.29, 1.82) is 0 Å². The Morgan fingerprint density at radius 3 is 2.57 bits per heavy atom. The molecule has 0 amide bonds. The monoisotopic (exact) mass is 281 g/mol. The van der Waals surface area contributed by atoms with Gasteiger partial charge in [0.2, 0.25) is 0 Å². The molecular formula is C5H5SW+. The molecule has 0 fully saturated rings. The summed E-state index contributed by atoms with van der Waals surface area (Å²) in [7, 11) is 0. The van der Waals surface area contributed by atoms with Gasteiger partial charge in [-0.2, -0.15) is 10.9 Å². The maximum absolute atomic E-state index is 2.97. The van der Waals surface area contributed by atoms with Gasteiger partial charge in [0.25, 0.3) is 0 Å².